The Bertz CT molecular complexity index is 485. The van der Waals surface area contributed by atoms with E-state index in [2.05, 4.69) is 41.1 Å². The smallest absolute Gasteiger partial charge is 0.0644 e. The van der Waals surface area contributed by atoms with Crippen LogP contribution in [0.3, 0.4) is 0 Å². The van der Waals surface area contributed by atoms with Crippen LogP contribution >= 0.6 is 11.3 Å². The van der Waals surface area contributed by atoms with Crippen LogP contribution in [0.2, 0.25) is 0 Å². The van der Waals surface area contributed by atoms with Crippen molar-refractivity contribution in [2.24, 2.45) is 7.05 Å². The second kappa shape index (κ2) is 5.02. The standard InChI is InChI=1S/C13H19N3S/c1-9-13(10(2)16(4)15-9)12(14-3)7-11-5-6-17-8-11/h5-6,8,12,14H,7H2,1-4H3. The quantitative estimate of drug-likeness (QED) is 0.902. The molecule has 2 rings (SSSR count). The third kappa shape index (κ3) is 2.42. The summed E-state index contributed by atoms with van der Waals surface area (Å²) < 4.78 is 1.96. The first-order valence-electron chi connectivity index (χ1n) is 5.82. The number of nitrogens with one attached hydrogen (secondary N) is 1. The van der Waals surface area contributed by atoms with Crippen LogP contribution in [-0.2, 0) is 13.5 Å². The van der Waals surface area contributed by atoms with E-state index in [-0.39, 0.29) is 0 Å². The molecule has 1 N–H and O–H groups in total. The fraction of sp³-hybridized carbons (Fsp3) is 0.462. The number of aryl methyl sites for hydroxylation is 2. The number of hydrogen-bond acceptors (Lipinski definition) is 3. The molecule has 1 atom stereocenters. The van der Waals surface area contributed by atoms with Crippen LogP contribution in [0, 0.1) is 13.8 Å². The lowest BCUT2D eigenvalue weighted by atomic mass is 9.99. The van der Waals surface area contributed by atoms with Crippen molar-refractivity contribution in [3.05, 3.63) is 39.3 Å². The van der Waals surface area contributed by atoms with Crippen molar-refractivity contribution in [3.63, 3.8) is 0 Å². The van der Waals surface area contributed by atoms with Gasteiger partial charge in [-0.15, -0.1) is 0 Å². The molecule has 4 heteroatoms. The molecule has 0 aliphatic rings. The number of hydrogen-bond donors (Lipinski definition) is 1. The predicted molar refractivity (Wildman–Crippen MR) is 72.5 cm³/mol. The van der Waals surface area contributed by atoms with E-state index in [1.165, 1.54) is 16.8 Å². The molecule has 0 aromatic carbocycles. The van der Waals surface area contributed by atoms with Gasteiger partial charge in [-0.2, -0.15) is 16.4 Å². The molecule has 2 heterocycles. The molecule has 0 bridgehead atoms. The van der Waals surface area contributed by atoms with Crippen molar-refractivity contribution in [2.45, 2.75) is 26.3 Å². The van der Waals surface area contributed by atoms with Crippen LogP contribution in [-0.4, -0.2) is 16.8 Å². The zero-order chi connectivity index (χ0) is 12.4. The van der Waals surface area contributed by atoms with E-state index in [0.29, 0.717) is 6.04 Å². The zero-order valence-electron chi connectivity index (χ0n) is 10.8. The molecule has 17 heavy (non-hydrogen) atoms. The maximum atomic E-state index is 4.49. The highest BCUT2D eigenvalue weighted by Gasteiger charge is 2.19. The highest BCUT2D eigenvalue weighted by Crippen LogP contribution is 2.24. The van der Waals surface area contributed by atoms with Gasteiger partial charge in [0.2, 0.25) is 0 Å². The lowest BCUT2D eigenvalue weighted by Gasteiger charge is -2.16. The van der Waals surface area contributed by atoms with E-state index >= 15 is 0 Å². The number of nitrogens with zero attached hydrogens (tertiary/aromatic N) is 2. The molecule has 0 aliphatic carbocycles. The molecule has 0 amide bonds. The van der Waals surface area contributed by atoms with Crippen LogP contribution in [0.1, 0.15) is 28.6 Å². The van der Waals surface area contributed by atoms with Gasteiger partial charge in [-0.25, -0.2) is 0 Å². The summed E-state index contributed by atoms with van der Waals surface area (Å²) in [6.07, 6.45) is 1.02. The third-order valence-corrected chi connectivity index (χ3v) is 4.01. The Kier molecular flexibility index (Phi) is 3.64. The van der Waals surface area contributed by atoms with E-state index in [4.69, 9.17) is 0 Å². The average molecular weight is 249 g/mol. The van der Waals surface area contributed by atoms with Crippen LogP contribution < -0.4 is 5.32 Å². The molecule has 3 nitrogen and oxygen atoms in total. The van der Waals surface area contributed by atoms with E-state index < -0.39 is 0 Å². The Hall–Kier alpha value is -1.13. The Balaban J connectivity index is 2.29. The summed E-state index contributed by atoms with van der Waals surface area (Å²) in [6.45, 7) is 4.22. The first-order chi connectivity index (χ1) is 8.13. The lowest BCUT2D eigenvalue weighted by molar-refractivity contribution is 0.585. The molecular weight excluding hydrogens is 230 g/mol. The minimum Gasteiger partial charge on any atom is -0.313 e. The van der Waals surface area contributed by atoms with Crippen LogP contribution in [0.4, 0.5) is 0 Å². The molecule has 0 fully saturated rings. The summed E-state index contributed by atoms with van der Waals surface area (Å²) in [4.78, 5) is 0. The highest BCUT2D eigenvalue weighted by atomic mass is 32.1. The van der Waals surface area contributed by atoms with Gasteiger partial charge in [0.15, 0.2) is 0 Å². The maximum Gasteiger partial charge on any atom is 0.0644 e. The molecule has 0 radical (unpaired) electrons. The Morgan fingerprint density at radius 2 is 2.24 bits per heavy atom. The zero-order valence-corrected chi connectivity index (χ0v) is 11.6. The van der Waals surface area contributed by atoms with Gasteiger partial charge in [-0.05, 0) is 49.7 Å². The van der Waals surface area contributed by atoms with Gasteiger partial charge in [0, 0.05) is 24.3 Å². The highest BCUT2D eigenvalue weighted by molar-refractivity contribution is 7.07. The van der Waals surface area contributed by atoms with Gasteiger partial charge in [-0.3, -0.25) is 4.68 Å². The maximum absolute atomic E-state index is 4.49. The van der Waals surface area contributed by atoms with Gasteiger partial charge >= 0.3 is 0 Å². The first kappa shape index (κ1) is 12.3. The SMILES string of the molecule is CNC(Cc1ccsc1)c1c(C)nn(C)c1C. The number of rotatable bonds is 4. The van der Waals surface area contributed by atoms with Crippen LogP contribution in [0.25, 0.3) is 0 Å². The monoisotopic (exact) mass is 249 g/mol. The van der Waals surface area contributed by atoms with Crippen molar-refractivity contribution in [1.29, 1.82) is 0 Å². The van der Waals surface area contributed by atoms with E-state index in [9.17, 15) is 0 Å². The van der Waals surface area contributed by atoms with E-state index in [0.717, 1.165) is 12.1 Å². The average Bonchev–Trinajstić information content (AvgIpc) is 2.87. The predicted octanol–water partition coefficient (Wildman–Crippen LogP) is 2.60. The van der Waals surface area contributed by atoms with Crippen molar-refractivity contribution in [1.82, 2.24) is 15.1 Å². The molecule has 0 saturated carbocycles. The molecule has 2 aromatic rings. The topological polar surface area (TPSA) is 29.9 Å². The van der Waals surface area contributed by atoms with Crippen LogP contribution in [0.5, 0.6) is 0 Å². The van der Waals surface area contributed by atoms with Crippen molar-refractivity contribution in [2.75, 3.05) is 7.05 Å². The number of likely N-dealkylation sites (N-methyl/N-ethyl adjacent to an activating group) is 1. The first-order valence-corrected chi connectivity index (χ1v) is 6.76. The Morgan fingerprint density at radius 1 is 1.47 bits per heavy atom. The summed E-state index contributed by atoms with van der Waals surface area (Å²) in [5.41, 5.74) is 5.09. The molecule has 1 unspecified atom stereocenters. The molecule has 0 aliphatic heterocycles. The second-order valence-corrected chi connectivity index (χ2v) is 5.17. The van der Waals surface area contributed by atoms with Gasteiger partial charge < -0.3 is 5.32 Å². The normalized spacial score (nSPS) is 12.9. The van der Waals surface area contributed by atoms with Gasteiger partial charge in [-0.1, -0.05) is 0 Å². The minimum absolute atomic E-state index is 0.346. The fourth-order valence-corrected chi connectivity index (χ4v) is 2.97. The Labute approximate surface area is 106 Å². The molecule has 0 saturated heterocycles. The van der Waals surface area contributed by atoms with Gasteiger partial charge in [0.05, 0.1) is 5.69 Å². The van der Waals surface area contributed by atoms with E-state index in [1.54, 1.807) is 11.3 Å². The van der Waals surface area contributed by atoms with Crippen molar-refractivity contribution in [3.8, 4) is 0 Å². The number of aromatic nitrogens is 2. The Morgan fingerprint density at radius 3 is 2.71 bits per heavy atom. The second-order valence-electron chi connectivity index (χ2n) is 4.39. The lowest BCUT2D eigenvalue weighted by Crippen LogP contribution is -2.20. The summed E-state index contributed by atoms with van der Waals surface area (Å²) in [7, 11) is 4.02. The summed E-state index contributed by atoms with van der Waals surface area (Å²) >= 11 is 1.75. The van der Waals surface area contributed by atoms with Crippen molar-refractivity contribution < 1.29 is 0 Å². The fourth-order valence-electron chi connectivity index (χ4n) is 2.29. The minimum atomic E-state index is 0.346. The summed E-state index contributed by atoms with van der Waals surface area (Å²) in [5, 5.41) is 12.2. The third-order valence-electron chi connectivity index (χ3n) is 3.28. The molecule has 92 valence electrons. The largest absolute Gasteiger partial charge is 0.313 e. The van der Waals surface area contributed by atoms with Gasteiger partial charge in [0.1, 0.15) is 0 Å². The van der Waals surface area contributed by atoms with Crippen molar-refractivity contribution >= 4 is 11.3 Å². The van der Waals surface area contributed by atoms with E-state index in [1.807, 2.05) is 18.8 Å². The molecule has 2 aromatic heterocycles. The molecule has 0 spiro atoms. The number of thiophene rings is 1. The summed E-state index contributed by atoms with van der Waals surface area (Å²) in [6, 6.07) is 2.54. The summed E-state index contributed by atoms with van der Waals surface area (Å²) in [5.74, 6) is 0. The van der Waals surface area contributed by atoms with Gasteiger partial charge in [0.25, 0.3) is 0 Å². The van der Waals surface area contributed by atoms with Crippen LogP contribution in [0.15, 0.2) is 16.8 Å². The molecular formula is C13H19N3S.